The molecule has 0 aliphatic carbocycles. The first-order valence-corrected chi connectivity index (χ1v) is 10.0. The van der Waals surface area contributed by atoms with Gasteiger partial charge in [0.05, 0.1) is 35.1 Å². The van der Waals surface area contributed by atoms with Crippen LogP contribution in [-0.2, 0) is 14.8 Å². The summed E-state index contributed by atoms with van der Waals surface area (Å²) in [6, 6.07) is 4.17. The van der Waals surface area contributed by atoms with Crippen molar-refractivity contribution in [2.24, 2.45) is 0 Å². The maximum Gasteiger partial charge on any atom is 0.278 e. The number of sulfonamides is 1. The molecule has 150 valence electrons. The molecule has 0 spiro atoms. The largest absolute Gasteiger partial charge is 0.379 e. The third-order valence-corrected chi connectivity index (χ3v) is 6.87. The average Bonchev–Trinajstić information content (AvgIpc) is 2.96. The molecule has 0 radical (unpaired) electrons. The molecule has 0 amide bonds. The fourth-order valence-electron chi connectivity index (χ4n) is 3.28. The monoisotopic (exact) mass is 408 g/mol. The Hall–Kier alpha value is -2.63. The van der Waals surface area contributed by atoms with Crippen LogP contribution in [0.5, 0.6) is 0 Å². The van der Waals surface area contributed by atoms with Crippen LogP contribution in [0.4, 0.5) is 5.69 Å². The first-order valence-electron chi connectivity index (χ1n) is 8.59. The Balaban J connectivity index is 2.06. The van der Waals surface area contributed by atoms with E-state index in [0.29, 0.717) is 13.2 Å². The SMILES string of the molecule is Cc1nn(C(=O)c2cccc([N+](=O)[O-])c2C)c(C)c1S(=O)(=O)N1CCOCC1. The lowest BCUT2D eigenvalue weighted by atomic mass is 10.1. The highest BCUT2D eigenvalue weighted by Crippen LogP contribution is 2.27. The second kappa shape index (κ2) is 7.41. The lowest BCUT2D eigenvalue weighted by Crippen LogP contribution is -2.41. The number of hydrogen-bond donors (Lipinski definition) is 0. The van der Waals surface area contributed by atoms with E-state index in [2.05, 4.69) is 5.10 Å². The van der Waals surface area contributed by atoms with Gasteiger partial charge in [-0.05, 0) is 26.8 Å². The van der Waals surface area contributed by atoms with Crippen molar-refractivity contribution in [3.8, 4) is 0 Å². The van der Waals surface area contributed by atoms with Crippen LogP contribution >= 0.6 is 0 Å². The zero-order valence-corrected chi connectivity index (χ0v) is 16.5. The van der Waals surface area contributed by atoms with Crippen LogP contribution in [0.1, 0.15) is 27.3 Å². The minimum atomic E-state index is -3.84. The average molecular weight is 408 g/mol. The predicted octanol–water partition coefficient (Wildman–Crippen LogP) is 1.43. The molecule has 2 heterocycles. The van der Waals surface area contributed by atoms with E-state index in [1.807, 2.05) is 0 Å². The van der Waals surface area contributed by atoms with E-state index >= 15 is 0 Å². The first kappa shape index (κ1) is 20.1. The third-order valence-electron chi connectivity index (χ3n) is 4.72. The van der Waals surface area contributed by atoms with Crippen molar-refractivity contribution in [3.05, 3.63) is 50.8 Å². The number of morpholine rings is 1. The summed E-state index contributed by atoms with van der Waals surface area (Å²) in [5, 5.41) is 15.3. The van der Waals surface area contributed by atoms with Crippen LogP contribution < -0.4 is 0 Å². The van der Waals surface area contributed by atoms with Gasteiger partial charge in [0.25, 0.3) is 11.6 Å². The van der Waals surface area contributed by atoms with Gasteiger partial charge in [-0.25, -0.2) is 8.42 Å². The summed E-state index contributed by atoms with van der Waals surface area (Å²) in [6.07, 6.45) is 0. The molecule has 2 aromatic rings. The molecule has 1 aliphatic heterocycles. The highest BCUT2D eigenvalue weighted by molar-refractivity contribution is 7.89. The molecule has 3 rings (SSSR count). The smallest absolute Gasteiger partial charge is 0.278 e. The van der Waals surface area contributed by atoms with E-state index in [1.165, 1.54) is 43.3 Å². The van der Waals surface area contributed by atoms with Crippen LogP contribution in [0.2, 0.25) is 0 Å². The van der Waals surface area contributed by atoms with Crippen molar-refractivity contribution in [2.45, 2.75) is 25.7 Å². The summed E-state index contributed by atoms with van der Waals surface area (Å²) in [5.41, 5.74) is 0.464. The molecule has 1 saturated heterocycles. The standard InChI is InChI=1S/C17H20N4O6S/c1-11-14(5-4-6-15(11)21(23)24)17(22)20-13(3)16(12(2)18-20)28(25,26)19-7-9-27-10-8-19/h4-6H,7-10H2,1-3H3. The topological polar surface area (TPSA) is 125 Å². The minimum absolute atomic E-state index is 0.0224. The van der Waals surface area contributed by atoms with Gasteiger partial charge in [0.1, 0.15) is 4.90 Å². The Labute approximate surface area is 161 Å². The number of nitro benzene ring substituents is 1. The molecule has 1 aromatic heterocycles. The predicted molar refractivity (Wildman–Crippen MR) is 98.8 cm³/mol. The first-order chi connectivity index (χ1) is 13.2. The van der Waals surface area contributed by atoms with E-state index in [9.17, 15) is 23.3 Å². The Morgan fingerprint density at radius 3 is 2.46 bits per heavy atom. The van der Waals surface area contributed by atoms with Crippen LogP contribution in [0.25, 0.3) is 0 Å². The van der Waals surface area contributed by atoms with Gasteiger partial charge in [0, 0.05) is 24.7 Å². The summed E-state index contributed by atoms with van der Waals surface area (Å²) >= 11 is 0. The van der Waals surface area contributed by atoms with Gasteiger partial charge >= 0.3 is 0 Å². The Morgan fingerprint density at radius 1 is 1.21 bits per heavy atom. The summed E-state index contributed by atoms with van der Waals surface area (Å²) < 4.78 is 33.6. The molecule has 0 N–H and O–H groups in total. The molecular weight excluding hydrogens is 388 g/mol. The van der Waals surface area contributed by atoms with Crippen molar-refractivity contribution >= 4 is 21.6 Å². The second-order valence-corrected chi connectivity index (χ2v) is 8.31. The number of benzene rings is 1. The van der Waals surface area contributed by atoms with Crippen molar-refractivity contribution < 1.29 is 22.9 Å². The van der Waals surface area contributed by atoms with E-state index in [1.54, 1.807) is 0 Å². The van der Waals surface area contributed by atoms with Crippen LogP contribution in [-0.4, -0.2) is 59.6 Å². The van der Waals surface area contributed by atoms with Crippen molar-refractivity contribution in [3.63, 3.8) is 0 Å². The molecule has 0 atom stereocenters. The zero-order valence-electron chi connectivity index (χ0n) is 15.7. The molecule has 10 nitrogen and oxygen atoms in total. The fraction of sp³-hybridized carbons (Fsp3) is 0.412. The second-order valence-electron chi connectivity index (χ2n) is 6.44. The maximum atomic E-state index is 13.0. The number of aromatic nitrogens is 2. The van der Waals surface area contributed by atoms with Crippen molar-refractivity contribution in [1.82, 2.24) is 14.1 Å². The summed E-state index contributed by atoms with van der Waals surface area (Å²) in [6.45, 7) is 5.55. The van der Waals surface area contributed by atoms with E-state index in [-0.39, 0.29) is 46.2 Å². The van der Waals surface area contributed by atoms with E-state index in [0.717, 1.165) is 4.68 Å². The van der Waals surface area contributed by atoms with Gasteiger partial charge < -0.3 is 4.74 Å². The molecule has 0 bridgehead atoms. The van der Waals surface area contributed by atoms with Crippen LogP contribution in [0, 0.1) is 30.9 Å². The van der Waals surface area contributed by atoms with E-state index < -0.39 is 20.9 Å². The number of ether oxygens (including phenoxy) is 1. The quantitative estimate of drug-likeness (QED) is 0.553. The normalized spacial score (nSPS) is 15.5. The number of aryl methyl sites for hydroxylation is 1. The Bertz CT molecular complexity index is 1050. The number of nitro groups is 1. The maximum absolute atomic E-state index is 13.0. The zero-order chi connectivity index (χ0) is 20.6. The number of carbonyl (C=O) groups excluding carboxylic acids is 1. The van der Waals surface area contributed by atoms with Crippen molar-refractivity contribution in [1.29, 1.82) is 0 Å². The molecule has 1 aromatic carbocycles. The molecule has 28 heavy (non-hydrogen) atoms. The minimum Gasteiger partial charge on any atom is -0.379 e. The van der Waals surface area contributed by atoms with Crippen LogP contribution in [0.15, 0.2) is 23.1 Å². The van der Waals surface area contributed by atoms with Gasteiger partial charge in [0.15, 0.2) is 0 Å². The lowest BCUT2D eigenvalue weighted by molar-refractivity contribution is -0.385. The molecular formula is C17H20N4O6S. The molecule has 0 saturated carbocycles. The van der Waals surface area contributed by atoms with Crippen molar-refractivity contribution in [2.75, 3.05) is 26.3 Å². The summed E-state index contributed by atoms with van der Waals surface area (Å²) in [5.74, 6) is -0.620. The van der Waals surface area contributed by atoms with Gasteiger partial charge in [-0.2, -0.15) is 14.1 Å². The fourth-order valence-corrected chi connectivity index (χ4v) is 5.04. The lowest BCUT2D eigenvalue weighted by Gasteiger charge is -2.26. The van der Waals surface area contributed by atoms with Gasteiger partial charge in [-0.3, -0.25) is 14.9 Å². The van der Waals surface area contributed by atoms with E-state index in [4.69, 9.17) is 4.74 Å². The highest BCUT2D eigenvalue weighted by Gasteiger charge is 2.33. The number of carbonyl (C=O) groups is 1. The summed E-state index contributed by atoms with van der Waals surface area (Å²) in [7, 11) is -3.84. The summed E-state index contributed by atoms with van der Waals surface area (Å²) in [4.78, 5) is 23.5. The molecule has 1 fully saturated rings. The Morgan fingerprint density at radius 2 is 1.86 bits per heavy atom. The number of nitrogens with zero attached hydrogens (tertiary/aromatic N) is 4. The number of hydrogen-bond acceptors (Lipinski definition) is 7. The van der Waals surface area contributed by atoms with Gasteiger partial charge in [-0.15, -0.1) is 0 Å². The van der Waals surface area contributed by atoms with Crippen LogP contribution in [0.3, 0.4) is 0 Å². The molecule has 0 unspecified atom stereocenters. The van der Waals surface area contributed by atoms with Gasteiger partial charge in [0.2, 0.25) is 10.0 Å². The third kappa shape index (κ3) is 3.32. The highest BCUT2D eigenvalue weighted by atomic mass is 32.2. The molecule has 1 aliphatic rings. The Kier molecular flexibility index (Phi) is 5.33. The molecule has 11 heteroatoms. The van der Waals surface area contributed by atoms with Gasteiger partial charge in [-0.1, -0.05) is 6.07 Å². The number of rotatable bonds is 4.